The SMILES string of the molecule is CCOC(=O)C1=C(C)N=c2s/c(=C/c3c(-c4ccccc4)[nH]c4ccc(C)cc34)c(=O)n2[C@@H]1c1ccc(C(C)C)cc1. The Labute approximate surface area is 248 Å². The molecule has 6 rings (SSSR count). The molecule has 3 aromatic carbocycles. The lowest BCUT2D eigenvalue weighted by molar-refractivity contribution is -0.139. The molecule has 0 saturated carbocycles. The number of nitrogens with one attached hydrogen (secondary N) is 1. The van der Waals surface area contributed by atoms with E-state index in [9.17, 15) is 9.59 Å². The molecule has 1 aliphatic rings. The summed E-state index contributed by atoms with van der Waals surface area (Å²) in [5, 5.41) is 1.05. The van der Waals surface area contributed by atoms with E-state index in [1.54, 1.807) is 11.5 Å². The molecule has 0 fully saturated rings. The summed E-state index contributed by atoms with van der Waals surface area (Å²) < 4.78 is 7.66. The summed E-state index contributed by atoms with van der Waals surface area (Å²) in [6, 6.07) is 23.9. The molecule has 1 aliphatic heterocycles. The highest BCUT2D eigenvalue weighted by Crippen LogP contribution is 2.33. The average Bonchev–Trinajstić information content (AvgIpc) is 3.49. The van der Waals surface area contributed by atoms with E-state index in [4.69, 9.17) is 9.73 Å². The molecule has 6 nitrogen and oxygen atoms in total. The van der Waals surface area contributed by atoms with Crippen LogP contribution in [0.2, 0.25) is 0 Å². The fourth-order valence-corrected chi connectivity index (χ4v) is 6.64. The molecule has 0 radical (unpaired) electrons. The highest BCUT2D eigenvalue weighted by molar-refractivity contribution is 7.07. The zero-order valence-electron chi connectivity index (χ0n) is 24.4. The first-order valence-corrected chi connectivity index (χ1v) is 15.1. The zero-order chi connectivity index (χ0) is 29.5. The Morgan fingerprint density at radius 3 is 2.50 bits per heavy atom. The number of H-pyrrole nitrogens is 1. The van der Waals surface area contributed by atoms with Gasteiger partial charge in [0.25, 0.3) is 5.56 Å². The van der Waals surface area contributed by atoms with Crippen molar-refractivity contribution in [1.82, 2.24) is 9.55 Å². The topological polar surface area (TPSA) is 76.4 Å². The third kappa shape index (κ3) is 4.84. The van der Waals surface area contributed by atoms with Gasteiger partial charge in [0.15, 0.2) is 4.80 Å². The van der Waals surface area contributed by atoms with E-state index in [1.165, 1.54) is 16.9 Å². The summed E-state index contributed by atoms with van der Waals surface area (Å²) >= 11 is 1.34. The molecule has 3 heterocycles. The van der Waals surface area contributed by atoms with Crippen molar-refractivity contribution in [2.75, 3.05) is 6.61 Å². The molecule has 1 N–H and O–H groups in total. The number of aryl methyl sites for hydroxylation is 1. The number of hydrogen-bond acceptors (Lipinski definition) is 5. The van der Waals surface area contributed by atoms with Gasteiger partial charge in [0.1, 0.15) is 0 Å². The Morgan fingerprint density at radius 1 is 1.07 bits per heavy atom. The maximum Gasteiger partial charge on any atom is 0.338 e. The minimum absolute atomic E-state index is 0.188. The number of fused-ring (bicyclic) bond motifs is 2. The lowest BCUT2D eigenvalue weighted by Gasteiger charge is -2.25. The molecule has 2 aromatic heterocycles. The third-order valence-corrected chi connectivity index (χ3v) is 8.75. The maximum atomic E-state index is 14.3. The lowest BCUT2D eigenvalue weighted by atomic mass is 9.93. The van der Waals surface area contributed by atoms with Crippen LogP contribution < -0.4 is 14.9 Å². The van der Waals surface area contributed by atoms with Gasteiger partial charge in [-0.05, 0) is 61.6 Å². The van der Waals surface area contributed by atoms with E-state index < -0.39 is 12.0 Å². The van der Waals surface area contributed by atoms with Crippen LogP contribution in [0.25, 0.3) is 28.2 Å². The minimum Gasteiger partial charge on any atom is -0.463 e. The number of hydrogen-bond donors (Lipinski definition) is 1. The van der Waals surface area contributed by atoms with E-state index in [2.05, 4.69) is 68.2 Å². The molecular formula is C35H33N3O3S. The molecular weight excluding hydrogens is 542 g/mol. The predicted octanol–water partition coefficient (Wildman–Crippen LogP) is 6.38. The van der Waals surface area contributed by atoms with Crippen molar-refractivity contribution < 1.29 is 9.53 Å². The molecule has 0 amide bonds. The van der Waals surface area contributed by atoms with Crippen molar-refractivity contribution >= 4 is 34.3 Å². The van der Waals surface area contributed by atoms with Crippen molar-refractivity contribution in [3.8, 4) is 11.3 Å². The minimum atomic E-state index is -0.637. The number of esters is 1. The average molecular weight is 576 g/mol. The predicted molar refractivity (Wildman–Crippen MR) is 169 cm³/mol. The second-order valence-corrected chi connectivity index (χ2v) is 12.0. The molecule has 7 heteroatoms. The highest BCUT2D eigenvalue weighted by Gasteiger charge is 2.33. The van der Waals surface area contributed by atoms with E-state index in [0.717, 1.165) is 38.9 Å². The number of ether oxygens (including phenoxy) is 1. The monoisotopic (exact) mass is 575 g/mol. The van der Waals surface area contributed by atoms with Crippen LogP contribution in [-0.2, 0) is 9.53 Å². The van der Waals surface area contributed by atoms with E-state index in [1.807, 2.05) is 43.3 Å². The van der Waals surface area contributed by atoms with Gasteiger partial charge in [-0.3, -0.25) is 9.36 Å². The van der Waals surface area contributed by atoms with Gasteiger partial charge in [-0.25, -0.2) is 9.79 Å². The Bertz CT molecular complexity index is 2030. The quantitative estimate of drug-likeness (QED) is 0.239. The number of rotatable bonds is 6. The Balaban J connectivity index is 1.60. The molecule has 0 aliphatic carbocycles. The van der Waals surface area contributed by atoms with Crippen LogP contribution >= 0.6 is 11.3 Å². The number of thiazole rings is 1. The van der Waals surface area contributed by atoms with Gasteiger partial charge < -0.3 is 9.72 Å². The summed E-state index contributed by atoms with van der Waals surface area (Å²) in [5.74, 6) is -0.0918. The largest absolute Gasteiger partial charge is 0.463 e. The van der Waals surface area contributed by atoms with Gasteiger partial charge >= 0.3 is 5.97 Å². The molecule has 0 saturated heterocycles. The highest BCUT2D eigenvalue weighted by atomic mass is 32.1. The normalized spacial score (nSPS) is 15.3. The summed E-state index contributed by atoms with van der Waals surface area (Å²) in [5.41, 5.74) is 7.87. The third-order valence-electron chi connectivity index (χ3n) is 7.77. The zero-order valence-corrected chi connectivity index (χ0v) is 25.2. The molecule has 1 atom stereocenters. The second kappa shape index (κ2) is 11.1. The van der Waals surface area contributed by atoms with Crippen LogP contribution in [0.1, 0.15) is 61.9 Å². The number of allylic oxidation sites excluding steroid dienone is 1. The van der Waals surface area contributed by atoms with E-state index in [-0.39, 0.29) is 12.2 Å². The molecule has 212 valence electrons. The Kier molecular flexibility index (Phi) is 7.29. The fraction of sp³-hybridized carbons (Fsp3) is 0.229. The number of aromatic nitrogens is 2. The fourth-order valence-electron chi connectivity index (χ4n) is 5.61. The van der Waals surface area contributed by atoms with Crippen molar-refractivity contribution in [2.24, 2.45) is 4.99 Å². The first kappa shape index (κ1) is 27.7. The van der Waals surface area contributed by atoms with Gasteiger partial charge in [-0.15, -0.1) is 0 Å². The number of nitrogens with zero attached hydrogens (tertiary/aromatic N) is 2. The van der Waals surface area contributed by atoms with Crippen molar-refractivity contribution in [3.63, 3.8) is 0 Å². The number of benzene rings is 3. The molecule has 5 aromatic rings. The van der Waals surface area contributed by atoms with Crippen LogP contribution in [-0.4, -0.2) is 22.1 Å². The molecule has 0 spiro atoms. The summed E-state index contributed by atoms with van der Waals surface area (Å²) in [6.07, 6.45) is 1.97. The molecule has 0 unspecified atom stereocenters. The van der Waals surface area contributed by atoms with Crippen LogP contribution in [0.15, 0.2) is 93.9 Å². The smallest absolute Gasteiger partial charge is 0.338 e. The number of carbonyl (C=O) groups is 1. The molecule has 42 heavy (non-hydrogen) atoms. The van der Waals surface area contributed by atoms with Gasteiger partial charge in [-0.2, -0.15) is 0 Å². The first-order chi connectivity index (χ1) is 20.3. The van der Waals surface area contributed by atoms with E-state index in [0.29, 0.717) is 26.5 Å². The number of aromatic amines is 1. The Morgan fingerprint density at radius 2 is 1.81 bits per heavy atom. The van der Waals surface area contributed by atoms with Crippen molar-refractivity contribution in [2.45, 2.75) is 46.6 Å². The van der Waals surface area contributed by atoms with Gasteiger partial charge in [0.2, 0.25) is 0 Å². The first-order valence-electron chi connectivity index (χ1n) is 14.2. The van der Waals surface area contributed by atoms with Crippen LogP contribution in [0, 0.1) is 6.92 Å². The second-order valence-electron chi connectivity index (χ2n) is 11.0. The van der Waals surface area contributed by atoms with E-state index >= 15 is 0 Å². The van der Waals surface area contributed by atoms with Gasteiger partial charge in [0, 0.05) is 16.5 Å². The van der Waals surface area contributed by atoms with Crippen molar-refractivity contribution in [1.29, 1.82) is 0 Å². The maximum absolute atomic E-state index is 14.3. The standard InChI is InChI=1S/C35H33N3O3S/c1-6-41-34(40)30-22(5)36-35-38(32(30)25-15-13-23(14-16-25)20(2)3)33(39)29(42-35)19-27-26-18-21(4)12-17-28(26)37-31(27)24-10-8-7-9-11-24/h7-20,32,37H,6H2,1-5H3/b29-19+/t32-/m1/s1. The summed E-state index contributed by atoms with van der Waals surface area (Å²) in [4.78, 5) is 36.4. The van der Waals surface area contributed by atoms with Gasteiger partial charge in [0.05, 0.1) is 34.1 Å². The lowest BCUT2D eigenvalue weighted by Crippen LogP contribution is -2.39. The summed E-state index contributed by atoms with van der Waals surface area (Å²) in [6.45, 7) is 10.2. The van der Waals surface area contributed by atoms with Crippen LogP contribution in [0.5, 0.6) is 0 Å². The molecule has 0 bridgehead atoms. The Hall–Kier alpha value is -4.49. The van der Waals surface area contributed by atoms with Crippen LogP contribution in [0.4, 0.5) is 0 Å². The van der Waals surface area contributed by atoms with Crippen molar-refractivity contribution in [3.05, 3.63) is 126 Å². The van der Waals surface area contributed by atoms with Gasteiger partial charge in [-0.1, -0.05) is 91.4 Å². The van der Waals surface area contributed by atoms with Crippen LogP contribution in [0.3, 0.4) is 0 Å². The number of carbonyl (C=O) groups excluding carboxylic acids is 1. The summed E-state index contributed by atoms with van der Waals surface area (Å²) in [7, 11) is 0.